The average molecular weight is 380 g/mol. The molecule has 0 bridgehead atoms. The lowest BCUT2D eigenvalue weighted by molar-refractivity contribution is -0.149. The van der Waals surface area contributed by atoms with Crippen molar-refractivity contribution in [1.82, 2.24) is 4.31 Å². The van der Waals surface area contributed by atoms with Gasteiger partial charge in [-0.05, 0) is 57.4 Å². The number of piperidine rings is 1. The van der Waals surface area contributed by atoms with Crippen molar-refractivity contribution in [3.63, 3.8) is 0 Å². The number of esters is 1. The van der Waals surface area contributed by atoms with Gasteiger partial charge in [0.1, 0.15) is 0 Å². The van der Waals surface area contributed by atoms with Crippen LogP contribution in [0.2, 0.25) is 0 Å². The van der Waals surface area contributed by atoms with Gasteiger partial charge in [0, 0.05) is 18.8 Å². The Morgan fingerprint density at radius 3 is 2.81 bits per heavy atom. The van der Waals surface area contributed by atoms with Crippen LogP contribution < -0.4 is 5.32 Å². The van der Waals surface area contributed by atoms with Crippen LogP contribution in [-0.2, 0) is 29.8 Å². The molecule has 26 heavy (non-hydrogen) atoms. The summed E-state index contributed by atoms with van der Waals surface area (Å²) in [6.07, 6.45) is 1.24. The van der Waals surface area contributed by atoms with E-state index in [-0.39, 0.29) is 29.9 Å². The van der Waals surface area contributed by atoms with Crippen LogP contribution in [0, 0.1) is 5.92 Å². The fraction of sp³-hybridized carbons (Fsp3) is 0.556. The maximum absolute atomic E-state index is 13.1. The van der Waals surface area contributed by atoms with E-state index in [4.69, 9.17) is 4.74 Å². The monoisotopic (exact) mass is 380 g/mol. The van der Waals surface area contributed by atoms with Crippen molar-refractivity contribution in [3.05, 3.63) is 23.8 Å². The Morgan fingerprint density at radius 2 is 2.12 bits per heavy atom. The maximum atomic E-state index is 13.1. The molecule has 2 heterocycles. The summed E-state index contributed by atoms with van der Waals surface area (Å²) in [4.78, 5) is 24.2. The van der Waals surface area contributed by atoms with Crippen molar-refractivity contribution in [2.24, 2.45) is 5.92 Å². The predicted molar refractivity (Wildman–Crippen MR) is 96.2 cm³/mol. The molecule has 1 aromatic rings. The third-order valence-electron chi connectivity index (χ3n) is 5.12. The van der Waals surface area contributed by atoms with E-state index in [1.54, 1.807) is 32.9 Å². The summed E-state index contributed by atoms with van der Waals surface area (Å²) in [6, 6.07) is 4.70. The summed E-state index contributed by atoms with van der Waals surface area (Å²) in [7, 11) is -3.75. The first-order chi connectivity index (χ1) is 12.2. The normalized spacial score (nSPS) is 22.6. The zero-order valence-corrected chi connectivity index (χ0v) is 16.1. The number of nitrogens with one attached hydrogen (secondary N) is 1. The molecule has 0 unspecified atom stereocenters. The van der Waals surface area contributed by atoms with Gasteiger partial charge in [-0.3, -0.25) is 9.59 Å². The number of ether oxygens (including phenoxy) is 1. The van der Waals surface area contributed by atoms with Gasteiger partial charge in [0.25, 0.3) is 0 Å². The van der Waals surface area contributed by atoms with Gasteiger partial charge in [-0.25, -0.2) is 8.42 Å². The standard InChI is InChI=1S/C18H24N2O5S/c1-4-25-16(21)12-6-5-9-20(11-12)26(23,24)13-7-8-15-14(10-13)18(2,3)17(22)19-15/h7-8,10,12H,4-6,9,11H2,1-3H3,(H,19,22)/t12-/m1/s1. The third-order valence-corrected chi connectivity index (χ3v) is 6.98. The van der Waals surface area contributed by atoms with E-state index in [1.807, 2.05) is 0 Å². The molecule has 0 aromatic heterocycles. The molecule has 2 aliphatic heterocycles. The van der Waals surface area contributed by atoms with E-state index < -0.39 is 21.4 Å². The largest absolute Gasteiger partial charge is 0.466 e. The summed E-state index contributed by atoms with van der Waals surface area (Å²) >= 11 is 0. The minimum atomic E-state index is -3.75. The minimum absolute atomic E-state index is 0.124. The zero-order chi connectivity index (χ0) is 19.1. The number of fused-ring (bicyclic) bond motifs is 1. The van der Waals surface area contributed by atoms with Crippen molar-refractivity contribution in [1.29, 1.82) is 0 Å². The highest BCUT2D eigenvalue weighted by Crippen LogP contribution is 2.39. The number of hydrogen-bond donors (Lipinski definition) is 1. The lowest BCUT2D eigenvalue weighted by Crippen LogP contribution is -2.42. The van der Waals surface area contributed by atoms with Gasteiger partial charge >= 0.3 is 5.97 Å². The molecule has 3 rings (SSSR count). The second-order valence-corrected chi connectivity index (χ2v) is 9.18. The van der Waals surface area contributed by atoms with Crippen molar-refractivity contribution in [3.8, 4) is 0 Å². The number of amides is 1. The highest BCUT2D eigenvalue weighted by Gasteiger charge is 2.40. The van der Waals surface area contributed by atoms with Crippen LogP contribution in [0.4, 0.5) is 5.69 Å². The smallest absolute Gasteiger partial charge is 0.310 e. The first-order valence-corrected chi connectivity index (χ1v) is 10.2. The molecule has 0 aliphatic carbocycles. The molecular formula is C18H24N2O5S. The van der Waals surface area contributed by atoms with Crippen LogP contribution in [0.15, 0.2) is 23.1 Å². The van der Waals surface area contributed by atoms with Crippen LogP contribution in [0.1, 0.15) is 39.2 Å². The molecular weight excluding hydrogens is 356 g/mol. The molecule has 1 fully saturated rings. The van der Waals surface area contributed by atoms with Crippen molar-refractivity contribution in [2.45, 2.75) is 43.9 Å². The Balaban J connectivity index is 1.88. The molecule has 0 saturated carbocycles. The summed E-state index contributed by atoms with van der Waals surface area (Å²) in [5, 5.41) is 2.77. The lowest BCUT2D eigenvalue weighted by atomic mass is 9.86. The SMILES string of the molecule is CCOC(=O)[C@@H]1CCCN(S(=O)(=O)c2ccc3c(c2)C(C)(C)C(=O)N3)C1. The number of benzene rings is 1. The predicted octanol–water partition coefficient (Wildman–Crippen LogP) is 1.88. The molecule has 0 radical (unpaired) electrons. The zero-order valence-electron chi connectivity index (χ0n) is 15.2. The molecule has 1 amide bonds. The highest BCUT2D eigenvalue weighted by atomic mass is 32.2. The lowest BCUT2D eigenvalue weighted by Gasteiger charge is -2.31. The Morgan fingerprint density at radius 1 is 1.38 bits per heavy atom. The Labute approximate surface area is 153 Å². The molecule has 1 N–H and O–H groups in total. The van der Waals surface area contributed by atoms with E-state index in [2.05, 4.69) is 5.32 Å². The van der Waals surface area contributed by atoms with Crippen molar-refractivity contribution >= 4 is 27.6 Å². The topological polar surface area (TPSA) is 92.8 Å². The molecule has 1 saturated heterocycles. The third kappa shape index (κ3) is 3.12. The van der Waals surface area contributed by atoms with E-state index in [0.29, 0.717) is 30.6 Å². The van der Waals surface area contributed by atoms with E-state index in [0.717, 1.165) is 0 Å². The quantitative estimate of drug-likeness (QED) is 0.805. The Kier molecular flexibility index (Phi) is 4.83. The van der Waals surface area contributed by atoms with Gasteiger partial charge in [-0.2, -0.15) is 4.31 Å². The number of nitrogens with zero attached hydrogens (tertiary/aromatic N) is 1. The number of rotatable bonds is 4. The molecule has 0 spiro atoms. The molecule has 1 atom stereocenters. The van der Waals surface area contributed by atoms with E-state index in [9.17, 15) is 18.0 Å². The van der Waals surface area contributed by atoms with Crippen LogP contribution in [0.25, 0.3) is 0 Å². The number of hydrogen-bond acceptors (Lipinski definition) is 5. The molecule has 1 aromatic carbocycles. The van der Waals surface area contributed by atoms with Gasteiger partial charge in [-0.15, -0.1) is 0 Å². The fourth-order valence-electron chi connectivity index (χ4n) is 3.47. The van der Waals surface area contributed by atoms with Crippen molar-refractivity contribution in [2.75, 3.05) is 25.0 Å². The van der Waals surface area contributed by atoms with Gasteiger partial charge in [0.05, 0.1) is 22.8 Å². The number of carbonyl (C=O) groups excluding carboxylic acids is 2. The van der Waals surface area contributed by atoms with Crippen LogP contribution in [0.5, 0.6) is 0 Å². The second kappa shape index (κ2) is 6.66. The maximum Gasteiger partial charge on any atom is 0.310 e. The molecule has 142 valence electrons. The van der Waals surface area contributed by atoms with Crippen LogP contribution in [0.3, 0.4) is 0 Å². The van der Waals surface area contributed by atoms with Gasteiger partial charge in [0.15, 0.2) is 0 Å². The number of carbonyl (C=O) groups is 2. The van der Waals surface area contributed by atoms with Gasteiger partial charge in [0.2, 0.25) is 15.9 Å². The van der Waals surface area contributed by atoms with Crippen molar-refractivity contribution < 1.29 is 22.7 Å². The van der Waals surface area contributed by atoms with Gasteiger partial charge in [-0.1, -0.05) is 0 Å². The van der Waals surface area contributed by atoms with Gasteiger partial charge < -0.3 is 10.1 Å². The summed E-state index contributed by atoms with van der Waals surface area (Å²) in [5.74, 6) is -0.938. The molecule has 8 heteroatoms. The molecule has 7 nitrogen and oxygen atoms in total. The first kappa shape index (κ1) is 18.8. The Hall–Kier alpha value is -1.93. The van der Waals surface area contributed by atoms with Crippen LogP contribution >= 0.6 is 0 Å². The summed E-state index contributed by atoms with van der Waals surface area (Å²) < 4.78 is 32.5. The summed E-state index contributed by atoms with van der Waals surface area (Å²) in [6.45, 7) is 6.04. The average Bonchev–Trinajstić information content (AvgIpc) is 2.84. The first-order valence-electron chi connectivity index (χ1n) is 8.80. The van der Waals surface area contributed by atoms with E-state index in [1.165, 1.54) is 10.4 Å². The fourth-order valence-corrected chi connectivity index (χ4v) is 5.02. The number of anilines is 1. The van der Waals surface area contributed by atoms with E-state index >= 15 is 0 Å². The molecule has 2 aliphatic rings. The minimum Gasteiger partial charge on any atom is -0.466 e. The Bertz CT molecular complexity index is 847. The number of sulfonamides is 1. The second-order valence-electron chi connectivity index (χ2n) is 7.24. The highest BCUT2D eigenvalue weighted by molar-refractivity contribution is 7.89. The summed E-state index contributed by atoms with van der Waals surface area (Å²) in [5.41, 5.74) is 0.528. The van der Waals surface area contributed by atoms with Crippen LogP contribution in [-0.4, -0.2) is 44.3 Å².